The molecule has 3 heterocycles. The maximum Gasteiger partial charge on any atom is 0.243 e. The Balaban J connectivity index is 1.82. The fraction of sp³-hybridized carbons (Fsp3) is 0.348. The van der Waals surface area contributed by atoms with Crippen molar-refractivity contribution >= 4 is 16.0 Å². The SMILES string of the molecule is COc1cccc(OC)c1-n1c(NS(=O)(=O)C(C)C(OC)c2ncc(C)cn2)nnc1-c1cc(C)[nH]n1. The number of hydrogen-bond donors (Lipinski definition) is 2. The van der Waals surface area contributed by atoms with Crippen molar-refractivity contribution in [3.63, 3.8) is 0 Å². The Labute approximate surface area is 214 Å². The molecule has 196 valence electrons. The number of methoxy groups -OCH3 is 3. The Bertz CT molecular complexity index is 1460. The number of nitrogens with zero attached hydrogens (tertiary/aromatic N) is 6. The van der Waals surface area contributed by atoms with Crippen molar-refractivity contribution in [1.29, 1.82) is 0 Å². The molecule has 0 saturated heterocycles. The number of ether oxygens (including phenoxy) is 3. The standard InChI is InChI=1S/C23H28N8O5S/c1-13-11-24-21(25-12-13)20(36-6)15(3)37(32,33)30-23-29-28-22(16-10-14(2)26-27-16)31(23)19-17(34-4)8-7-9-18(19)35-5/h7-12,15,20H,1-6H3,(H,26,27)(H,29,30). The molecule has 0 amide bonds. The molecule has 1 aromatic carbocycles. The lowest BCUT2D eigenvalue weighted by atomic mass is 10.2. The summed E-state index contributed by atoms with van der Waals surface area (Å²) in [7, 11) is 0.294. The molecule has 0 fully saturated rings. The van der Waals surface area contributed by atoms with Crippen LogP contribution in [0.2, 0.25) is 0 Å². The van der Waals surface area contributed by atoms with E-state index < -0.39 is 21.4 Å². The maximum absolute atomic E-state index is 13.6. The lowest BCUT2D eigenvalue weighted by molar-refractivity contribution is 0.0949. The van der Waals surface area contributed by atoms with Gasteiger partial charge in [-0.3, -0.25) is 14.4 Å². The van der Waals surface area contributed by atoms with Gasteiger partial charge < -0.3 is 14.2 Å². The van der Waals surface area contributed by atoms with Gasteiger partial charge in [0.2, 0.25) is 16.0 Å². The molecule has 3 aromatic heterocycles. The van der Waals surface area contributed by atoms with E-state index in [2.05, 4.69) is 35.1 Å². The Morgan fingerprint density at radius 1 is 1.03 bits per heavy atom. The Hall–Kier alpha value is -4.04. The van der Waals surface area contributed by atoms with E-state index in [9.17, 15) is 8.42 Å². The van der Waals surface area contributed by atoms with Gasteiger partial charge in [-0.25, -0.2) is 18.4 Å². The largest absolute Gasteiger partial charge is 0.494 e. The number of H-pyrrole nitrogens is 1. The average Bonchev–Trinajstić information content (AvgIpc) is 3.50. The summed E-state index contributed by atoms with van der Waals surface area (Å²) < 4.78 is 47.8. The van der Waals surface area contributed by atoms with Gasteiger partial charge in [0.25, 0.3) is 0 Å². The number of para-hydroxylation sites is 1. The van der Waals surface area contributed by atoms with Gasteiger partial charge in [0, 0.05) is 25.2 Å². The first-order chi connectivity index (χ1) is 17.7. The molecule has 2 atom stereocenters. The summed E-state index contributed by atoms with van der Waals surface area (Å²) in [6.07, 6.45) is 2.26. The van der Waals surface area contributed by atoms with Crippen molar-refractivity contribution in [1.82, 2.24) is 34.9 Å². The average molecular weight is 529 g/mol. The summed E-state index contributed by atoms with van der Waals surface area (Å²) in [5.41, 5.74) is 2.46. The van der Waals surface area contributed by atoms with Crippen LogP contribution in [0.25, 0.3) is 17.2 Å². The number of aryl methyl sites for hydroxylation is 2. The molecule has 0 bridgehead atoms. The molecular formula is C23H28N8O5S. The lowest BCUT2D eigenvalue weighted by Gasteiger charge is -2.22. The normalized spacial score (nSPS) is 13.2. The third-order valence-electron chi connectivity index (χ3n) is 5.68. The molecule has 37 heavy (non-hydrogen) atoms. The molecule has 2 unspecified atom stereocenters. The molecule has 0 aliphatic carbocycles. The van der Waals surface area contributed by atoms with Crippen molar-refractivity contribution in [3.05, 3.63) is 53.7 Å². The molecule has 0 spiro atoms. The van der Waals surface area contributed by atoms with E-state index in [-0.39, 0.29) is 17.6 Å². The van der Waals surface area contributed by atoms with Crippen LogP contribution in [0.3, 0.4) is 0 Å². The highest BCUT2D eigenvalue weighted by molar-refractivity contribution is 7.93. The van der Waals surface area contributed by atoms with Crippen LogP contribution >= 0.6 is 0 Å². The van der Waals surface area contributed by atoms with Crippen molar-refractivity contribution in [2.75, 3.05) is 26.1 Å². The minimum Gasteiger partial charge on any atom is -0.494 e. The highest BCUT2D eigenvalue weighted by Crippen LogP contribution is 2.37. The van der Waals surface area contributed by atoms with Gasteiger partial charge in [-0.15, -0.1) is 10.2 Å². The van der Waals surface area contributed by atoms with Crippen molar-refractivity contribution in [2.24, 2.45) is 0 Å². The zero-order valence-electron chi connectivity index (χ0n) is 21.3. The van der Waals surface area contributed by atoms with Gasteiger partial charge in [0.15, 0.2) is 11.6 Å². The van der Waals surface area contributed by atoms with Crippen LogP contribution in [0.1, 0.15) is 30.1 Å². The number of sulfonamides is 1. The van der Waals surface area contributed by atoms with Gasteiger partial charge in [-0.2, -0.15) is 5.10 Å². The summed E-state index contributed by atoms with van der Waals surface area (Å²) in [6, 6.07) is 6.95. The van der Waals surface area contributed by atoms with E-state index in [4.69, 9.17) is 14.2 Å². The Kier molecular flexibility index (Phi) is 7.40. The van der Waals surface area contributed by atoms with Crippen LogP contribution in [-0.4, -0.2) is 69.9 Å². The molecule has 0 radical (unpaired) electrons. The second-order valence-corrected chi connectivity index (χ2v) is 10.3. The minimum atomic E-state index is -4.10. The summed E-state index contributed by atoms with van der Waals surface area (Å²) in [6.45, 7) is 5.18. The molecule has 13 nitrogen and oxygen atoms in total. The molecule has 4 aromatic rings. The van der Waals surface area contributed by atoms with Crippen molar-refractivity contribution < 1.29 is 22.6 Å². The Morgan fingerprint density at radius 3 is 2.22 bits per heavy atom. The van der Waals surface area contributed by atoms with Gasteiger partial charge in [0.1, 0.15) is 34.2 Å². The van der Waals surface area contributed by atoms with E-state index in [0.29, 0.717) is 22.9 Å². The number of aromatic amines is 1. The Morgan fingerprint density at radius 2 is 1.68 bits per heavy atom. The van der Waals surface area contributed by atoms with E-state index >= 15 is 0 Å². The molecule has 0 aliphatic rings. The van der Waals surface area contributed by atoms with Crippen LogP contribution in [0.4, 0.5) is 5.95 Å². The predicted molar refractivity (Wildman–Crippen MR) is 135 cm³/mol. The second-order valence-electron chi connectivity index (χ2n) is 8.26. The summed E-state index contributed by atoms with van der Waals surface area (Å²) in [4.78, 5) is 8.48. The number of nitrogens with one attached hydrogen (secondary N) is 2. The number of aromatic nitrogens is 7. The first-order valence-electron chi connectivity index (χ1n) is 11.2. The van der Waals surface area contributed by atoms with E-state index in [1.807, 2.05) is 13.8 Å². The van der Waals surface area contributed by atoms with Crippen LogP contribution in [0.15, 0.2) is 36.7 Å². The van der Waals surface area contributed by atoms with E-state index in [0.717, 1.165) is 11.3 Å². The molecule has 0 saturated carbocycles. The van der Waals surface area contributed by atoms with E-state index in [1.165, 1.54) is 32.8 Å². The maximum atomic E-state index is 13.6. The highest BCUT2D eigenvalue weighted by atomic mass is 32.2. The number of benzene rings is 1. The zero-order valence-corrected chi connectivity index (χ0v) is 22.1. The third kappa shape index (κ3) is 5.11. The smallest absolute Gasteiger partial charge is 0.243 e. The van der Waals surface area contributed by atoms with Crippen LogP contribution in [0.5, 0.6) is 11.5 Å². The second kappa shape index (κ2) is 10.5. The number of hydrogen-bond acceptors (Lipinski definition) is 10. The quantitative estimate of drug-likeness (QED) is 0.313. The fourth-order valence-corrected chi connectivity index (χ4v) is 4.88. The predicted octanol–water partition coefficient (Wildman–Crippen LogP) is 2.60. The third-order valence-corrected chi connectivity index (χ3v) is 7.38. The summed E-state index contributed by atoms with van der Waals surface area (Å²) in [5.74, 6) is 1.23. The molecular weight excluding hydrogens is 500 g/mol. The molecule has 4 rings (SSSR count). The zero-order chi connectivity index (χ0) is 26.7. The number of anilines is 1. The monoisotopic (exact) mass is 528 g/mol. The minimum absolute atomic E-state index is 0.0926. The lowest BCUT2D eigenvalue weighted by Crippen LogP contribution is -2.33. The van der Waals surface area contributed by atoms with Gasteiger partial charge in [-0.1, -0.05) is 6.07 Å². The van der Waals surface area contributed by atoms with Gasteiger partial charge >= 0.3 is 0 Å². The highest BCUT2D eigenvalue weighted by Gasteiger charge is 2.35. The van der Waals surface area contributed by atoms with Gasteiger partial charge in [-0.05, 0) is 44.5 Å². The summed E-state index contributed by atoms with van der Waals surface area (Å²) in [5, 5.41) is 14.4. The first-order valence-corrected chi connectivity index (χ1v) is 12.8. The topological polar surface area (TPSA) is 159 Å². The fourth-order valence-electron chi connectivity index (χ4n) is 3.75. The van der Waals surface area contributed by atoms with E-state index in [1.54, 1.807) is 36.7 Å². The van der Waals surface area contributed by atoms with Crippen LogP contribution < -0.4 is 14.2 Å². The van der Waals surface area contributed by atoms with Crippen molar-refractivity contribution in [2.45, 2.75) is 32.1 Å². The van der Waals surface area contributed by atoms with Gasteiger partial charge in [0.05, 0.1) is 14.2 Å². The first kappa shape index (κ1) is 26.0. The summed E-state index contributed by atoms with van der Waals surface area (Å²) >= 11 is 0. The molecule has 2 N–H and O–H groups in total. The van der Waals surface area contributed by atoms with Crippen LogP contribution in [-0.2, 0) is 14.8 Å². The van der Waals surface area contributed by atoms with Crippen molar-refractivity contribution in [3.8, 4) is 28.7 Å². The van der Waals surface area contributed by atoms with Crippen LogP contribution in [0, 0.1) is 13.8 Å². The molecule has 14 heteroatoms. The molecule has 0 aliphatic heterocycles. The number of rotatable bonds is 10.